The fourth-order valence-electron chi connectivity index (χ4n) is 3.17. The number of benzene rings is 2. The zero-order valence-electron chi connectivity index (χ0n) is 14.1. The first kappa shape index (κ1) is 16.4. The molecule has 2 aromatic carbocycles. The summed E-state index contributed by atoms with van der Waals surface area (Å²) in [6, 6.07) is 18.5. The second-order valence-electron chi connectivity index (χ2n) is 6.36. The van der Waals surface area contributed by atoms with E-state index in [-0.39, 0.29) is 11.9 Å². The SMILES string of the molecule is CC(C)C(=O)OC1(c2ccsc2)c2ccccc2Sc2ccccc21. The molecule has 4 rings (SSSR count). The van der Waals surface area contributed by atoms with E-state index in [1.807, 2.05) is 43.5 Å². The number of ether oxygens (including phenoxy) is 1. The van der Waals surface area contributed by atoms with Gasteiger partial charge in [0.1, 0.15) is 0 Å². The van der Waals surface area contributed by atoms with Gasteiger partial charge in [0.15, 0.2) is 5.60 Å². The Bertz CT molecular complexity index is 868. The number of hydrogen-bond donors (Lipinski definition) is 0. The minimum absolute atomic E-state index is 0.190. The lowest BCUT2D eigenvalue weighted by Crippen LogP contribution is -2.38. The highest BCUT2D eigenvalue weighted by Crippen LogP contribution is 2.53. The number of carbonyl (C=O) groups is 1. The van der Waals surface area contributed by atoms with Crippen LogP contribution in [0.3, 0.4) is 0 Å². The first-order valence-electron chi connectivity index (χ1n) is 8.25. The summed E-state index contributed by atoms with van der Waals surface area (Å²) in [6.45, 7) is 3.75. The van der Waals surface area contributed by atoms with Gasteiger partial charge in [-0.2, -0.15) is 11.3 Å². The average molecular weight is 367 g/mol. The zero-order valence-corrected chi connectivity index (χ0v) is 15.7. The molecule has 0 radical (unpaired) electrons. The molecule has 0 N–H and O–H groups in total. The molecule has 25 heavy (non-hydrogen) atoms. The Morgan fingerprint density at radius 2 is 1.56 bits per heavy atom. The zero-order chi connectivity index (χ0) is 17.4. The van der Waals surface area contributed by atoms with E-state index in [2.05, 4.69) is 35.7 Å². The van der Waals surface area contributed by atoms with Crippen LogP contribution in [0.4, 0.5) is 0 Å². The molecule has 0 aliphatic carbocycles. The average Bonchev–Trinajstić information content (AvgIpc) is 3.16. The lowest BCUT2D eigenvalue weighted by molar-refractivity contribution is -0.157. The summed E-state index contributed by atoms with van der Waals surface area (Å²) in [5, 5.41) is 4.12. The number of rotatable bonds is 3. The van der Waals surface area contributed by atoms with Crippen LogP contribution in [0.25, 0.3) is 0 Å². The summed E-state index contributed by atoms with van der Waals surface area (Å²) < 4.78 is 6.29. The van der Waals surface area contributed by atoms with Gasteiger partial charge in [0.05, 0.1) is 5.92 Å². The van der Waals surface area contributed by atoms with Crippen molar-refractivity contribution in [3.63, 3.8) is 0 Å². The molecule has 0 bridgehead atoms. The molecule has 1 aliphatic heterocycles. The lowest BCUT2D eigenvalue weighted by Gasteiger charge is -2.40. The lowest BCUT2D eigenvalue weighted by atomic mass is 9.80. The highest BCUT2D eigenvalue weighted by molar-refractivity contribution is 7.99. The largest absolute Gasteiger partial charge is 0.444 e. The van der Waals surface area contributed by atoms with E-state index in [1.54, 1.807) is 23.1 Å². The summed E-state index contributed by atoms with van der Waals surface area (Å²) in [5.41, 5.74) is 2.18. The Labute approximate surface area is 155 Å². The van der Waals surface area contributed by atoms with Crippen LogP contribution in [-0.4, -0.2) is 5.97 Å². The van der Waals surface area contributed by atoms with Crippen LogP contribution in [-0.2, 0) is 15.1 Å². The minimum atomic E-state index is -0.889. The van der Waals surface area contributed by atoms with E-state index < -0.39 is 5.60 Å². The van der Waals surface area contributed by atoms with Gasteiger partial charge < -0.3 is 4.74 Å². The maximum Gasteiger partial charge on any atom is 0.309 e. The number of thiophene rings is 1. The topological polar surface area (TPSA) is 26.3 Å². The molecular formula is C21H18O2S2. The maximum atomic E-state index is 12.7. The third-order valence-electron chi connectivity index (χ3n) is 4.41. The van der Waals surface area contributed by atoms with Crippen molar-refractivity contribution in [1.29, 1.82) is 0 Å². The summed E-state index contributed by atoms with van der Waals surface area (Å²) in [5.74, 6) is -0.382. The second kappa shape index (κ2) is 6.36. The molecule has 0 amide bonds. The molecule has 0 fully saturated rings. The van der Waals surface area contributed by atoms with Crippen LogP contribution in [0.2, 0.25) is 0 Å². The quantitative estimate of drug-likeness (QED) is 0.556. The van der Waals surface area contributed by atoms with Crippen LogP contribution in [0.1, 0.15) is 30.5 Å². The van der Waals surface area contributed by atoms with Gasteiger partial charge >= 0.3 is 5.97 Å². The smallest absolute Gasteiger partial charge is 0.309 e. The van der Waals surface area contributed by atoms with Crippen molar-refractivity contribution in [2.24, 2.45) is 5.92 Å². The Balaban J connectivity index is 2.04. The predicted octanol–water partition coefficient (Wildman–Crippen LogP) is 5.70. The maximum absolute atomic E-state index is 12.7. The first-order valence-corrected chi connectivity index (χ1v) is 10.0. The molecule has 0 saturated carbocycles. The molecule has 126 valence electrons. The van der Waals surface area contributed by atoms with Crippen molar-refractivity contribution in [2.45, 2.75) is 29.2 Å². The summed E-state index contributed by atoms with van der Waals surface area (Å²) >= 11 is 3.35. The van der Waals surface area contributed by atoms with Crippen LogP contribution in [0.15, 0.2) is 75.1 Å². The Kier molecular flexibility index (Phi) is 4.18. The van der Waals surface area contributed by atoms with Gasteiger partial charge in [0.2, 0.25) is 0 Å². The van der Waals surface area contributed by atoms with Crippen LogP contribution >= 0.6 is 23.1 Å². The van der Waals surface area contributed by atoms with Crippen molar-refractivity contribution in [3.8, 4) is 0 Å². The second-order valence-corrected chi connectivity index (χ2v) is 8.23. The number of fused-ring (bicyclic) bond motifs is 2. The molecule has 2 nitrogen and oxygen atoms in total. The van der Waals surface area contributed by atoms with Gasteiger partial charge in [0, 0.05) is 26.5 Å². The fraction of sp³-hybridized carbons (Fsp3) is 0.190. The van der Waals surface area contributed by atoms with Crippen molar-refractivity contribution >= 4 is 29.1 Å². The molecule has 2 heterocycles. The normalized spacial score (nSPS) is 14.7. The highest BCUT2D eigenvalue weighted by atomic mass is 32.2. The third-order valence-corrected chi connectivity index (χ3v) is 6.24. The van der Waals surface area contributed by atoms with Crippen molar-refractivity contribution in [3.05, 3.63) is 82.0 Å². The van der Waals surface area contributed by atoms with Crippen LogP contribution in [0.5, 0.6) is 0 Å². The van der Waals surface area contributed by atoms with E-state index in [0.717, 1.165) is 26.5 Å². The van der Waals surface area contributed by atoms with E-state index >= 15 is 0 Å². The fourth-order valence-corrected chi connectivity index (χ4v) is 5.04. The van der Waals surface area contributed by atoms with Gasteiger partial charge in [-0.25, -0.2) is 0 Å². The molecule has 1 aromatic heterocycles. The van der Waals surface area contributed by atoms with Crippen LogP contribution < -0.4 is 0 Å². The standard InChI is InChI=1S/C21H18O2S2/c1-14(2)20(22)23-21(15-11-12-24-13-15)16-7-3-5-9-18(16)25-19-10-6-4-8-17(19)21/h3-14H,1-2H3. The molecule has 3 aromatic rings. The van der Waals surface area contributed by atoms with Gasteiger partial charge in [-0.05, 0) is 29.0 Å². The van der Waals surface area contributed by atoms with Crippen LogP contribution in [0, 0.1) is 5.92 Å². The molecule has 0 unspecified atom stereocenters. The number of esters is 1. The Morgan fingerprint density at radius 1 is 0.960 bits per heavy atom. The Morgan fingerprint density at radius 3 is 2.08 bits per heavy atom. The van der Waals surface area contributed by atoms with E-state index in [0.29, 0.717) is 0 Å². The van der Waals surface area contributed by atoms with Crippen molar-refractivity contribution in [1.82, 2.24) is 0 Å². The minimum Gasteiger partial charge on any atom is -0.444 e. The number of hydrogen-bond acceptors (Lipinski definition) is 4. The summed E-state index contributed by atoms with van der Waals surface area (Å²) in [6.07, 6.45) is 0. The molecule has 0 saturated heterocycles. The highest BCUT2D eigenvalue weighted by Gasteiger charge is 2.46. The van der Waals surface area contributed by atoms with E-state index in [1.165, 1.54) is 0 Å². The van der Waals surface area contributed by atoms with E-state index in [4.69, 9.17) is 4.74 Å². The van der Waals surface area contributed by atoms with Crippen molar-refractivity contribution in [2.75, 3.05) is 0 Å². The summed E-state index contributed by atoms with van der Waals surface area (Å²) in [4.78, 5) is 15.0. The van der Waals surface area contributed by atoms with Crippen molar-refractivity contribution < 1.29 is 9.53 Å². The predicted molar refractivity (Wildman–Crippen MR) is 102 cm³/mol. The van der Waals surface area contributed by atoms with Gasteiger partial charge in [-0.15, -0.1) is 0 Å². The molecule has 4 heteroatoms. The molecular weight excluding hydrogens is 348 g/mol. The van der Waals surface area contributed by atoms with Gasteiger partial charge in [0.25, 0.3) is 0 Å². The van der Waals surface area contributed by atoms with Gasteiger partial charge in [-0.3, -0.25) is 4.79 Å². The molecule has 0 spiro atoms. The summed E-state index contributed by atoms with van der Waals surface area (Å²) in [7, 11) is 0. The number of carbonyl (C=O) groups excluding carboxylic acids is 1. The molecule has 0 atom stereocenters. The van der Waals surface area contributed by atoms with E-state index in [9.17, 15) is 4.79 Å². The third kappa shape index (κ3) is 2.60. The molecule has 1 aliphatic rings. The van der Waals surface area contributed by atoms with Gasteiger partial charge in [-0.1, -0.05) is 62.0 Å². The Hall–Kier alpha value is -2.04. The first-order chi connectivity index (χ1) is 12.1. The monoisotopic (exact) mass is 366 g/mol.